The number of carbonyl (C=O) groups excluding carboxylic acids is 1. The summed E-state index contributed by atoms with van der Waals surface area (Å²) in [5.41, 5.74) is -0.411. The van der Waals surface area contributed by atoms with Crippen molar-refractivity contribution in [3.63, 3.8) is 0 Å². The Kier molecular flexibility index (Phi) is 1.43. The molecule has 0 radical (unpaired) electrons. The Morgan fingerprint density at radius 3 is 2.92 bits per heavy atom. The number of rotatable bonds is 1. The highest BCUT2D eigenvalue weighted by Gasteiger charge is 2.66. The molecular weight excluding hydrogens is 166 g/mol. The molecule has 3 aliphatic rings. The third-order valence-corrected chi connectivity index (χ3v) is 3.84. The van der Waals surface area contributed by atoms with Crippen LogP contribution in [0.2, 0.25) is 0 Å². The maximum Gasteiger partial charge on any atom is 0.167 e. The second-order valence-electron chi connectivity index (χ2n) is 4.53. The fourth-order valence-corrected chi connectivity index (χ4v) is 3.07. The first-order valence-corrected chi connectivity index (χ1v) is 5.18. The summed E-state index contributed by atoms with van der Waals surface area (Å²) in [6, 6.07) is 0.958. The van der Waals surface area contributed by atoms with E-state index in [1.165, 1.54) is 12.8 Å². The largest absolute Gasteiger partial charge is 0.356 e. The van der Waals surface area contributed by atoms with E-state index in [1.54, 1.807) is 6.92 Å². The number of ketones is 1. The van der Waals surface area contributed by atoms with Crippen LogP contribution >= 0.6 is 0 Å². The third kappa shape index (κ3) is 0.891. The predicted molar refractivity (Wildman–Crippen MR) is 47.5 cm³/mol. The number of hydrogen-bond donors (Lipinski definition) is 1. The molecule has 0 spiro atoms. The van der Waals surface area contributed by atoms with Crippen LogP contribution in [-0.2, 0) is 9.53 Å². The van der Waals surface area contributed by atoms with Gasteiger partial charge in [-0.2, -0.15) is 0 Å². The molecular formula is C10H15NO2. The van der Waals surface area contributed by atoms with Gasteiger partial charge in [-0.15, -0.1) is 0 Å². The van der Waals surface area contributed by atoms with Crippen molar-refractivity contribution < 1.29 is 9.53 Å². The van der Waals surface area contributed by atoms with E-state index >= 15 is 0 Å². The fourth-order valence-electron chi connectivity index (χ4n) is 3.07. The molecule has 72 valence electrons. The highest BCUT2D eigenvalue weighted by molar-refractivity contribution is 5.89. The molecule has 0 amide bonds. The fraction of sp³-hybridized carbons (Fsp3) is 0.900. The summed E-state index contributed by atoms with van der Waals surface area (Å²) in [4.78, 5) is 11.5. The van der Waals surface area contributed by atoms with Gasteiger partial charge in [-0.1, -0.05) is 0 Å². The molecule has 0 aromatic heterocycles. The van der Waals surface area contributed by atoms with E-state index in [-0.39, 0.29) is 11.9 Å². The van der Waals surface area contributed by atoms with Crippen molar-refractivity contribution in [3.8, 4) is 0 Å². The number of nitrogens with one attached hydrogen (secondary N) is 1. The van der Waals surface area contributed by atoms with Crippen molar-refractivity contribution in [1.29, 1.82) is 0 Å². The van der Waals surface area contributed by atoms with Gasteiger partial charge in [0.1, 0.15) is 0 Å². The summed E-state index contributed by atoms with van der Waals surface area (Å²) >= 11 is 0. The lowest BCUT2D eigenvalue weighted by molar-refractivity contribution is -0.122. The predicted octanol–water partition coefficient (Wildman–Crippen LogP) is 0.627. The van der Waals surface area contributed by atoms with E-state index in [1.807, 2.05) is 0 Å². The Balaban J connectivity index is 1.93. The Hall–Kier alpha value is -0.410. The van der Waals surface area contributed by atoms with Crippen LogP contribution in [0, 0.1) is 0 Å². The van der Waals surface area contributed by atoms with Crippen LogP contribution in [-0.4, -0.2) is 29.6 Å². The van der Waals surface area contributed by atoms with Crippen LogP contribution in [0.15, 0.2) is 0 Å². The van der Waals surface area contributed by atoms with Crippen molar-refractivity contribution in [2.45, 2.75) is 56.4 Å². The number of Topliss-reactive ketones (excluding diaryl/α,β-unsaturated/α-hetero) is 1. The zero-order valence-electron chi connectivity index (χ0n) is 7.88. The molecule has 3 fully saturated rings. The summed E-state index contributed by atoms with van der Waals surface area (Å²) < 4.78 is 5.62. The Morgan fingerprint density at radius 2 is 2.15 bits per heavy atom. The first kappa shape index (κ1) is 7.94. The minimum atomic E-state index is -0.411. The van der Waals surface area contributed by atoms with Crippen molar-refractivity contribution in [1.82, 2.24) is 5.32 Å². The maximum atomic E-state index is 11.5. The van der Waals surface area contributed by atoms with Crippen LogP contribution in [0.1, 0.15) is 32.6 Å². The molecule has 3 saturated heterocycles. The quantitative estimate of drug-likeness (QED) is 0.603. The van der Waals surface area contributed by atoms with Crippen LogP contribution < -0.4 is 5.32 Å². The molecule has 0 aromatic carbocycles. The first-order valence-electron chi connectivity index (χ1n) is 5.18. The van der Waals surface area contributed by atoms with Gasteiger partial charge < -0.3 is 10.1 Å². The number of carbonyl (C=O) groups is 1. The van der Waals surface area contributed by atoms with Crippen LogP contribution in [0.4, 0.5) is 0 Å². The standard InChI is InChI=1S/C10H15NO2/c1-6(12)10-8-4-2-7(11-8)3-5-9(10)13-10/h7-9,11H,2-5H2,1H3. The number of ether oxygens (including phenoxy) is 1. The zero-order chi connectivity index (χ0) is 9.05. The first-order chi connectivity index (χ1) is 6.23. The second-order valence-corrected chi connectivity index (χ2v) is 4.53. The Morgan fingerprint density at radius 1 is 1.38 bits per heavy atom. The molecule has 0 aromatic rings. The van der Waals surface area contributed by atoms with Crippen molar-refractivity contribution in [2.75, 3.05) is 0 Å². The summed E-state index contributed by atoms with van der Waals surface area (Å²) in [5, 5.41) is 3.52. The van der Waals surface area contributed by atoms with Crippen molar-refractivity contribution >= 4 is 5.78 Å². The van der Waals surface area contributed by atoms with Gasteiger partial charge in [-0.25, -0.2) is 0 Å². The van der Waals surface area contributed by atoms with Crippen molar-refractivity contribution in [3.05, 3.63) is 0 Å². The lowest BCUT2D eigenvalue weighted by atomic mass is 9.88. The molecule has 2 bridgehead atoms. The Bertz CT molecular complexity index is 266. The second kappa shape index (κ2) is 2.34. The van der Waals surface area contributed by atoms with Gasteiger partial charge in [0.05, 0.1) is 6.10 Å². The highest BCUT2D eigenvalue weighted by Crippen LogP contribution is 2.49. The molecule has 0 saturated carbocycles. The molecule has 3 rings (SSSR count). The summed E-state index contributed by atoms with van der Waals surface area (Å²) in [7, 11) is 0. The minimum Gasteiger partial charge on any atom is -0.356 e. The summed E-state index contributed by atoms with van der Waals surface area (Å²) in [6.07, 6.45) is 4.80. The topological polar surface area (TPSA) is 41.6 Å². The smallest absolute Gasteiger partial charge is 0.167 e. The van der Waals surface area contributed by atoms with Crippen LogP contribution in [0.3, 0.4) is 0 Å². The number of hydrogen-bond acceptors (Lipinski definition) is 3. The maximum absolute atomic E-state index is 11.5. The number of fused-ring (bicyclic) bond motifs is 4. The van der Waals surface area contributed by atoms with Gasteiger partial charge in [-0.05, 0) is 32.6 Å². The average Bonchev–Trinajstić information content (AvgIpc) is 2.64. The van der Waals surface area contributed by atoms with Crippen LogP contribution in [0.5, 0.6) is 0 Å². The van der Waals surface area contributed by atoms with E-state index in [4.69, 9.17) is 4.74 Å². The molecule has 3 heterocycles. The van der Waals surface area contributed by atoms with Gasteiger partial charge in [0.15, 0.2) is 11.4 Å². The van der Waals surface area contributed by atoms with Gasteiger partial charge >= 0.3 is 0 Å². The molecule has 0 aliphatic carbocycles. The SMILES string of the molecule is CC(=O)C12OC1CCC1CCC2N1. The summed E-state index contributed by atoms with van der Waals surface area (Å²) in [6.45, 7) is 1.67. The van der Waals surface area contributed by atoms with Gasteiger partial charge in [-0.3, -0.25) is 4.79 Å². The van der Waals surface area contributed by atoms with Gasteiger partial charge in [0.2, 0.25) is 0 Å². The Labute approximate surface area is 77.8 Å². The molecule has 3 aliphatic heterocycles. The molecule has 4 unspecified atom stereocenters. The zero-order valence-corrected chi connectivity index (χ0v) is 7.88. The average molecular weight is 181 g/mol. The lowest BCUT2D eigenvalue weighted by Crippen LogP contribution is -2.44. The highest BCUT2D eigenvalue weighted by atomic mass is 16.6. The van der Waals surface area contributed by atoms with Crippen molar-refractivity contribution in [2.24, 2.45) is 0 Å². The molecule has 13 heavy (non-hydrogen) atoms. The minimum absolute atomic E-state index is 0.220. The molecule has 3 heteroatoms. The normalized spacial score (nSPS) is 52.5. The lowest BCUT2D eigenvalue weighted by Gasteiger charge is -2.17. The van der Waals surface area contributed by atoms with Gasteiger partial charge in [0.25, 0.3) is 0 Å². The van der Waals surface area contributed by atoms with E-state index in [9.17, 15) is 4.79 Å². The molecule has 4 atom stereocenters. The molecule has 3 nitrogen and oxygen atoms in total. The molecule has 1 N–H and O–H groups in total. The monoisotopic (exact) mass is 181 g/mol. The van der Waals surface area contributed by atoms with E-state index < -0.39 is 5.60 Å². The van der Waals surface area contributed by atoms with E-state index in [2.05, 4.69) is 5.32 Å². The van der Waals surface area contributed by atoms with Crippen LogP contribution in [0.25, 0.3) is 0 Å². The number of epoxide rings is 1. The third-order valence-electron chi connectivity index (χ3n) is 3.84. The van der Waals surface area contributed by atoms with E-state index in [0.29, 0.717) is 12.1 Å². The summed E-state index contributed by atoms with van der Waals surface area (Å²) in [5.74, 6) is 0.220. The van der Waals surface area contributed by atoms with E-state index in [0.717, 1.165) is 12.8 Å². The van der Waals surface area contributed by atoms with Gasteiger partial charge in [0, 0.05) is 12.1 Å².